The third-order valence-electron chi connectivity index (χ3n) is 2.99. The van der Waals surface area contributed by atoms with Crippen LogP contribution >= 0.6 is 0 Å². The van der Waals surface area contributed by atoms with Gasteiger partial charge in [0.15, 0.2) is 12.4 Å². The molecule has 21 heavy (non-hydrogen) atoms. The van der Waals surface area contributed by atoms with Crippen molar-refractivity contribution in [1.29, 1.82) is 0 Å². The van der Waals surface area contributed by atoms with Gasteiger partial charge in [0.1, 0.15) is 11.5 Å². The number of ketones is 1. The summed E-state index contributed by atoms with van der Waals surface area (Å²) in [7, 11) is 3.23. The van der Waals surface area contributed by atoms with Gasteiger partial charge in [0, 0.05) is 12.7 Å². The monoisotopic (exact) mass is 286 g/mol. The third kappa shape index (κ3) is 4.33. The fourth-order valence-electron chi connectivity index (χ4n) is 1.90. The van der Waals surface area contributed by atoms with E-state index in [0.29, 0.717) is 17.9 Å². The molecule has 110 valence electrons. The molecule has 0 saturated carbocycles. The fourth-order valence-corrected chi connectivity index (χ4v) is 1.90. The number of benzene rings is 2. The molecule has 0 bridgehead atoms. The van der Waals surface area contributed by atoms with Gasteiger partial charge in [-0.3, -0.25) is 4.79 Å². The van der Waals surface area contributed by atoms with Crippen LogP contribution in [0.2, 0.25) is 0 Å². The second-order valence-corrected chi connectivity index (χ2v) is 4.52. The molecule has 0 aliphatic heterocycles. The van der Waals surface area contributed by atoms with Gasteiger partial charge in [0.25, 0.3) is 0 Å². The summed E-state index contributed by atoms with van der Waals surface area (Å²) in [5, 5.41) is 0. The molecular formula is C17H18O4. The first-order valence-corrected chi connectivity index (χ1v) is 6.61. The van der Waals surface area contributed by atoms with E-state index < -0.39 is 0 Å². The summed E-state index contributed by atoms with van der Waals surface area (Å²) in [5.41, 5.74) is 1.61. The van der Waals surface area contributed by atoms with Crippen LogP contribution in [-0.2, 0) is 11.3 Å². The zero-order valence-electron chi connectivity index (χ0n) is 12.2. The molecule has 0 heterocycles. The lowest BCUT2D eigenvalue weighted by atomic mass is 10.1. The van der Waals surface area contributed by atoms with E-state index >= 15 is 0 Å². The molecule has 4 nitrogen and oxygen atoms in total. The molecule has 2 aromatic rings. The molecular weight excluding hydrogens is 268 g/mol. The molecule has 0 unspecified atom stereocenters. The van der Waals surface area contributed by atoms with Gasteiger partial charge in [-0.25, -0.2) is 0 Å². The number of Topliss-reactive ketones (excluding diaryl/α,β-unsaturated/α-hetero) is 1. The summed E-state index contributed by atoms with van der Waals surface area (Å²) in [5.74, 6) is 1.31. The van der Waals surface area contributed by atoms with E-state index in [0.717, 1.165) is 11.3 Å². The largest absolute Gasteiger partial charge is 0.497 e. The van der Waals surface area contributed by atoms with Crippen molar-refractivity contribution in [2.24, 2.45) is 0 Å². The third-order valence-corrected chi connectivity index (χ3v) is 2.99. The lowest BCUT2D eigenvalue weighted by molar-refractivity contribution is 0.0921. The molecule has 2 aromatic carbocycles. The van der Waals surface area contributed by atoms with Crippen LogP contribution in [0, 0.1) is 0 Å². The molecule has 0 atom stereocenters. The zero-order chi connectivity index (χ0) is 15.1. The van der Waals surface area contributed by atoms with Crippen molar-refractivity contribution >= 4 is 5.78 Å². The maximum Gasteiger partial charge on any atom is 0.200 e. The SMILES string of the molecule is COCc1cccc(OCC(=O)c2ccc(OC)cc2)c1. The van der Waals surface area contributed by atoms with Crippen molar-refractivity contribution in [2.75, 3.05) is 20.8 Å². The summed E-state index contributed by atoms with van der Waals surface area (Å²) in [6.45, 7) is 0.520. The average Bonchev–Trinajstić information content (AvgIpc) is 2.53. The Morgan fingerprint density at radius 1 is 1.00 bits per heavy atom. The van der Waals surface area contributed by atoms with Crippen molar-refractivity contribution < 1.29 is 19.0 Å². The highest BCUT2D eigenvalue weighted by Crippen LogP contribution is 2.15. The van der Waals surface area contributed by atoms with Crippen LogP contribution in [0.1, 0.15) is 15.9 Å². The maximum absolute atomic E-state index is 12.0. The predicted molar refractivity (Wildman–Crippen MR) is 80.0 cm³/mol. The van der Waals surface area contributed by atoms with Crippen molar-refractivity contribution in [1.82, 2.24) is 0 Å². The van der Waals surface area contributed by atoms with Crippen LogP contribution in [0.4, 0.5) is 0 Å². The number of hydrogen-bond donors (Lipinski definition) is 0. The number of hydrogen-bond acceptors (Lipinski definition) is 4. The number of methoxy groups -OCH3 is 2. The Morgan fingerprint density at radius 2 is 1.76 bits per heavy atom. The topological polar surface area (TPSA) is 44.8 Å². The minimum Gasteiger partial charge on any atom is -0.497 e. The summed E-state index contributed by atoms with van der Waals surface area (Å²) in [4.78, 5) is 12.0. The lowest BCUT2D eigenvalue weighted by Crippen LogP contribution is -2.11. The molecule has 0 saturated heterocycles. The highest BCUT2D eigenvalue weighted by atomic mass is 16.5. The molecule has 4 heteroatoms. The Morgan fingerprint density at radius 3 is 2.43 bits per heavy atom. The molecule has 0 aromatic heterocycles. The molecule has 0 fully saturated rings. The van der Waals surface area contributed by atoms with Crippen LogP contribution < -0.4 is 9.47 Å². The number of carbonyl (C=O) groups is 1. The van der Waals surface area contributed by atoms with Gasteiger partial charge in [-0.05, 0) is 42.0 Å². The Labute approximate surface area is 124 Å². The maximum atomic E-state index is 12.0. The van der Waals surface area contributed by atoms with Crippen LogP contribution in [0.5, 0.6) is 11.5 Å². The number of carbonyl (C=O) groups excluding carboxylic acids is 1. The lowest BCUT2D eigenvalue weighted by Gasteiger charge is -2.08. The minimum atomic E-state index is -0.0743. The van der Waals surface area contributed by atoms with Crippen molar-refractivity contribution in [3.8, 4) is 11.5 Å². The quantitative estimate of drug-likeness (QED) is 0.734. The predicted octanol–water partition coefficient (Wildman–Crippen LogP) is 3.10. The second kappa shape index (κ2) is 7.45. The van der Waals surface area contributed by atoms with Gasteiger partial charge in [-0.1, -0.05) is 12.1 Å². The summed E-state index contributed by atoms with van der Waals surface area (Å²) < 4.78 is 15.7. The molecule has 0 amide bonds. The van der Waals surface area contributed by atoms with Crippen LogP contribution in [0.25, 0.3) is 0 Å². The molecule has 0 radical (unpaired) electrons. The van der Waals surface area contributed by atoms with Gasteiger partial charge in [0.05, 0.1) is 13.7 Å². The van der Waals surface area contributed by atoms with Gasteiger partial charge in [0.2, 0.25) is 0 Å². The summed E-state index contributed by atoms with van der Waals surface area (Å²) in [6, 6.07) is 14.5. The fraction of sp³-hybridized carbons (Fsp3) is 0.235. The summed E-state index contributed by atoms with van der Waals surface area (Å²) in [6.07, 6.45) is 0. The van der Waals surface area contributed by atoms with E-state index in [2.05, 4.69) is 0 Å². The normalized spacial score (nSPS) is 10.2. The van der Waals surface area contributed by atoms with E-state index in [1.165, 1.54) is 0 Å². The Bertz CT molecular complexity index is 590. The first-order valence-electron chi connectivity index (χ1n) is 6.61. The van der Waals surface area contributed by atoms with Gasteiger partial charge >= 0.3 is 0 Å². The first-order chi connectivity index (χ1) is 10.2. The van der Waals surface area contributed by atoms with Gasteiger partial charge in [-0.15, -0.1) is 0 Å². The molecule has 0 aliphatic rings. The highest BCUT2D eigenvalue weighted by molar-refractivity contribution is 5.97. The Kier molecular flexibility index (Phi) is 5.35. The average molecular weight is 286 g/mol. The smallest absolute Gasteiger partial charge is 0.200 e. The minimum absolute atomic E-state index is 0.00274. The Balaban J connectivity index is 1.95. The van der Waals surface area contributed by atoms with Crippen LogP contribution in [0.15, 0.2) is 48.5 Å². The zero-order valence-corrected chi connectivity index (χ0v) is 12.2. The van der Waals surface area contributed by atoms with Crippen LogP contribution in [0.3, 0.4) is 0 Å². The number of ether oxygens (including phenoxy) is 3. The van der Waals surface area contributed by atoms with Crippen LogP contribution in [-0.4, -0.2) is 26.6 Å². The van der Waals surface area contributed by atoms with Crippen molar-refractivity contribution in [3.05, 3.63) is 59.7 Å². The van der Waals surface area contributed by atoms with E-state index in [4.69, 9.17) is 14.2 Å². The molecule has 0 N–H and O–H groups in total. The number of rotatable bonds is 7. The van der Waals surface area contributed by atoms with Crippen molar-refractivity contribution in [2.45, 2.75) is 6.61 Å². The molecule has 0 spiro atoms. The van der Waals surface area contributed by atoms with E-state index in [1.54, 1.807) is 38.5 Å². The second-order valence-electron chi connectivity index (χ2n) is 4.52. The highest BCUT2D eigenvalue weighted by Gasteiger charge is 2.07. The standard InChI is InChI=1S/C17H18O4/c1-19-11-13-4-3-5-16(10-13)21-12-17(18)14-6-8-15(20-2)9-7-14/h3-10H,11-12H2,1-2H3. The van der Waals surface area contributed by atoms with Gasteiger partial charge < -0.3 is 14.2 Å². The van der Waals surface area contributed by atoms with E-state index in [-0.39, 0.29) is 12.4 Å². The van der Waals surface area contributed by atoms with Crippen molar-refractivity contribution in [3.63, 3.8) is 0 Å². The van der Waals surface area contributed by atoms with E-state index in [1.807, 2.05) is 24.3 Å². The van der Waals surface area contributed by atoms with E-state index in [9.17, 15) is 4.79 Å². The first kappa shape index (κ1) is 15.1. The molecule has 0 aliphatic carbocycles. The Hall–Kier alpha value is -2.33. The van der Waals surface area contributed by atoms with Gasteiger partial charge in [-0.2, -0.15) is 0 Å². The molecule has 2 rings (SSSR count). The summed E-state index contributed by atoms with van der Waals surface area (Å²) >= 11 is 0.